The second-order valence-electron chi connectivity index (χ2n) is 8.32. The average Bonchev–Trinajstić information content (AvgIpc) is 3.45. The van der Waals surface area contributed by atoms with Crippen LogP contribution in [0.5, 0.6) is 0 Å². The Morgan fingerprint density at radius 1 is 1.26 bits per heavy atom. The minimum absolute atomic E-state index is 0.0857. The zero-order valence-corrected chi connectivity index (χ0v) is 17.0. The topological polar surface area (TPSA) is 74.0 Å². The van der Waals surface area contributed by atoms with Gasteiger partial charge in [0.1, 0.15) is 16.1 Å². The molecule has 2 atom stereocenters. The van der Waals surface area contributed by atoms with E-state index in [2.05, 4.69) is 9.71 Å². The standard InChI is InChI=1S/C21H28FN3OS/c1-20(2,3)27(26)25-21(12-11-15-7-8-15,19-6-4-5-13-24-19)16-9-10-17(22)18(23)14-16/h4-6,9-10,13-15,25H,7-8,11-12,23H2,1-3H3. The van der Waals surface area contributed by atoms with E-state index in [0.29, 0.717) is 5.92 Å². The first-order chi connectivity index (χ1) is 12.7. The zero-order chi connectivity index (χ0) is 19.7. The van der Waals surface area contributed by atoms with Gasteiger partial charge in [-0.15, -0.1) is 4.72 Å². The first-order valence-electron chi connectivity index (χ1n) is 9.39. The van der Waals surface area contributed by atoms with Crippen molar-refractivity contribution in [2.45, 2.75) is 56.7 Å². The minimum Gasteiger partial charge on any atom is -0.598 e. The fourth-order valence-corrected chi connectivity index (χ4v) is 4.09. The Morgan fingerprint density at radius 3 is 2.56 bits per heavy atom. The van der Waals surface area contributed by atoms with Crippen LogP contribution in [0.1, 0.15) is 57.7 Å². The van der Waals surface area contributed by atoms with Gasteiger partial charge >= 0.3 is 0 Å². The molecule has 4 nitrogen and oxygen atoms in total. The molecule has 0 amide bonds. The first kappa shape index (κ1) is 20.1. The molecule has 0 radical (unpaired) electrons. The maximum absolute atomic E-state index is 13.8. The van der Waals surface area contributed by atoms with Crippen molar-refractivity contribution in [1.29, 1.82) is 0 Å². The van der Waals surface area contributed by atoms with Crippen LogP contribution in [-0.4, -0.2) is 14.3 Å². The molecule has 1 aromatic heterocycles. The summed E-state index contributed by atoms with van der Waals surface area (Å²) in [5.41, 5.74) is 6.74. The predicted octanol–water partition coefficient (Wildman–Crippen LogP) is 4.29. The zero-order valence-electron chi connectivity index (χ0n) is 16.2. The Kier molecular flexibility index (Phi) is 5.79. The number of benzene rings is 1. The maximum Gasteiger partial charge on any atom is 0.146 e. The van der Waals surface area contributed by atoms with Crippen molar-refractivity contribution in [3.8, 4) is 0 Å². The summed E-state index contributed by atoms with van der Waals surface area (Å²) in [7, 11) is 0. The highest BCUT2D eigenvalue weighted by molar-refractivity contribution is 7.90. The van der Waals surface area contributed by atoms with E-state index in [1.165, 1.54) is 18.9 Å². The first-order valence-corrected chi connectivity index (χ1v) is 10.5. The van der Waals surface area contributed by atoms with Crippen LogP contribution in [0.3, 0.4) is 0 Å². The monoisotopic (exact) mass is 389 g/mol. The van der Waals surface area contributed by atoms with Crippen LogP contribution in [0, 0.1) is 11.7 Å². The van der Waals surface area contributed by atoms with Crippen molar-refractivity contribution in [3.63, 3.8) is 0 Å². The van der Waals surface area contributed by atoms with E-state index in [0.717, 1.165) is 24.1 Å². The molecule has 1 aromatic carbocycles. The third kappa shape index (κ3) is 4.62. The number of pyridine rings is 1. The van der Waals surface area contributed by atoms with E-state index in [-0.39, 0.29) is 5.69 Å². The molecule has 1 heterocycles. The van der Waals surface area contributed by atoms with Gasteiger partial charge in [0.05, 0.1) is 11.4 Å². The highest BCUT2D eigenvalue weighted by Gasteiger charge is 2.44. The van der Waals surface area contributed by atoms with Gasteiger partial charge in [0, 0.05) is 17.6 Å². The van der Waals surface area contributed by atoms with Crippen molar-refractivity contribution < 1.29 is 8.94 Å². The third-order valence-corrected chi connectivity index (χ3v) is 6.68. The molecule has 1 aliphatic carbocycles. The van der Waals surface area contributed by atoms with Gasteiger partial charge in [0.2, 0.25) is 0 Å². The lowest BCUT2D eigenvalue weighted by atomic mass is 9.82. The summed E-state index contributed by atoms with van der Waals surface area (Å²) in [5.74, 6) is 0.239. The van der Waals surface area contributed by atoms with Gasteiger partial charge in [-0.25, -0.2) is 4.39 Å². The van der Waals surface area contributed by atoms with Gasteiger partial charge in [-0.3, -0.25) is 4.98 Å². The largest absolute Gasteiger partial charge is 0.598 e. The molecule has 146 valence electrons. The van der Waals surface area contributed by atoms with E-state index in [1.807, 2.05) is 39.0 Å². The third-order valence-electron chi connectivity index (χ3n) is 5.04. The molecule has 1 fully saturated rings. The van der Waals surface area contributed by atoms with Crippen LogP contribution in [0.4, 0.5) is 10.1 Å². The van der Waals surface area contributed by atoms with E-state index in [9.17, 15) is 8.94 Å². The summed E-state index contributed by atoms with van der Waals surface area (Å²) in [6, 6.07) is 10.4. The van der Waals surface area contributed by atoms with Crippen LogP contribution < -0.4 is 10.5 Å². The van der Waals surface area contributed by atoms with E-state index in [1.54, 1.807) is 18.3 Å². The number of anilines is 1. The van der Waals surface area contributed by atoms with Crippen LogP contribution in [0.25, 0.3) is 0 Å². The fourth-order valence-electron chi connectivity index (χ4n) is 3.15. The molecule has 2 aromatic rings. The van der Waals surface area contributed by atoms with Gasteiger partial charge < -0.3 is 10.3 Å². The van der Waals surface area contributed by atoms with Gasteiger partial charge in [-0.1, -0.05) is 25.0 Å². The number of nitrogens with one attached hydrogen (secondary N) is 1. The number of nitrogens with two attached hydrogens (primary N) is 1. The maximum atomic E-state index is 13.8. The van der Waals surface area contributed by atoms with E-state index < -0.39 is 27.5 Å². The number of halogens is 1. The summed E-state index contributed by atoms with van der Waals surface area (Å²) >= 11 is -1.34. The molecule has 0 aliphatic heterocycles. The fraction of sp³-hybridized carbons (Fsp3) is 0.476. The highest BCUT2D eigenvalue weighted by Crippen LogP contribution is 2.42. The predicted molar refractivity (Wildman–Crippen MR) is 109 cm³/mol. The van der Waals surface area contributed by atoms with Crippen LogP contribution in [0.2, 0.25) is 0 Å². The molecule has 0 bridgehead atoms. The second kappa shape index (κ2) is 7.78. The summed E-state index contributed by atoms with van der Waals surface area (Å²) in [6.45, 7) is 5.79. The molecule has 2 unspecified atom stereocenters. The number of aromatic nitrogens is 1. The molecule has 6 heteroatoms. The second-order valence-corrected chi connectivity index (χ2v) is 10.3. The van der Waals surface area contributed by atoms with Crippen molar-refractivity contribution in [2.75, 3.05) is 5.73 Å². The van der Waals surface area contributed by atoms with Gasteiger partial charge in [0.15, 0.2) is 0 Å². The molecule has 1 saturated carbocycles. The quantitative estimate of drug-likeness (QED) is 0.547. The van der Waals surface area contributed by atoms with Crippen LogP contribution >= 0.6 is 0 Å². The normalized spacial score (nSPS) is 18.1. The highest BCUT2D eigenvalue weighted by atomic mass is 32.2. The Bertz CT molecular complexity index is 777. The van der Waals surface area contributed by atoms with Crippen LogP contribution in [-0.2, 0) is 16.9 Å². The van der Waals surface area contributed by atoms with Crippen molar-refractivity contribution >= 4 is 17.0 Å². The molecule has 27 heavy (non-hydrogen) atoms. The van der Waals surface area contributed by atoms with E-state index >= 15 is 0 Å². The number of hydrogen-bond donors (Lipinski definition) is 2. The van der Waals surface area contributed by atoms with E-state index in [4.69, 9.17) is 5.73 Å². The lowest BCUT2D eigenvalue weighted by Crippen LogP contribution is -2.52. The molecule has 0 saturated heterocycles. The lowest BCUT2D eigenvalue weighted by molar-refractivity contribution is 0.392. The Hall–Kier alpha value is -1.63. The molecule has 3 rings (SSSR count). The summed E-state index contributed by atoms with van der Waals surface area (Å²) < 4.78 is 29.9. The van der Waals surface area contributed by atoms with Gasteiger partial charge in [-0.05, 0) is 69.4 Å². The van der Waals surface area contributed by atoms with Crippen molar-refractivity contribution in [3.05, 3.63) is 59.7 Å². The summed E-state index contributed by atoms with van der Waals surface area (Å²) in [6.07, 6.45) is 5.90. The van der Waals surface area contributed by atoms with Crippen molar-refractivity contribution in [2.24, 2.45) is 5.92 Å². The summed E-state index contributed by atoms with van der Waals surface area (Å²) in [4.78, 5) is 4.58. The molecule has 1 aliphatic rings. The van der Waals surface area contributed by atoms with Gasteiger partial charge in [-0.2, -0.15) is 0 Å². The molecule has 3 N–H and O–H groups in total. The summed E-state index contributed by atoms with van der Waals surface area (Å²) in [5, 5.41) is 0. The van der Waals surface area contributed by atoms with Crippen molar-refractivity contribution in [1.82, 2.24) is 9.71 Å². The van der Waals surface area contributed by atoms with Gasteiger partial charge in [0.25, 0.3) is 0 Å². The molecular weight excluding hydrogens is 361 g/mol. The molecular formula is C21H28FN3OS. The molecule has 0 spiro atoms. The SMILES string of the molecule is CC(C)(C)[S+]([O-])NC(CCC1CC1)(c1ccc(F)c(N)c1)c1ccccn1. The number of nitrogens with zero attached hydrogens (tertiary/aromatic N) is 1. The number of rotatable bonds is 7. The Morgan fingerprint density at radius 2 is 2.00 bits per heavy atom. The number of hydrogen-bond acceptors (Lipinski definition) is 4. The van der Waals surface area contributed by atoms with Crippen LogP contribution in [0.15, 0.2) is 42.6 Å². The Labute approximate surface area is 164 Å². The minimum atomic E-state index is -1.34. The Balaban J connectivity index is 2.11. The lowest BCUT2D eigenvalue weighted by Gasteiger charge is -2.38. The average molecular weight is 390 g/mol. The number of nitrogen functional groups attached to an aromatic ring is 1. The smallest absolute Gasteiger partial charge is 0.146 e.